The lowest BCUT2D eigenvalue weighted by Crippen LogP contribution is -2.45. The normalized spacial score (nSPS) is 22.1. The number of aromatic nitrogens is 1. The third kappa shape index (κ3) is 4.05. The first-order chi connectivity index (χ1) is 8.75. The fraction of sp³-hybridized carbons (Fsp3) is 0.643. The average Bonchev–Trinajstić information content (AvgIpc) is 2.56. The van der Waals surface area contributed by atoms with Crippen LogP contribution in [-0.4, -0.2) is 61.1 Å². The number of rotatable bonds is 4. The zero-order chi connectivity index (χ0) is 12.8. The van der Waals surface area contributed by atoms with Crippen LogP contribution in [-0.2, 0) is 6.54 Å². The van der Waals surface area contributed by atoms with Crippen LogP contribution in [0.1, 0.15) is 12.0 Å². The van der Waals surface area contributed by atoms with Crippen LogP contribution in [0.15, 0.2) is 24.5 Å². The molecule has 1 saturated heterocycles. The predicted octanol–water partition coefficient (Wildman–Crippen LogP) is 0.807. The minimum atomic E-state index is 0.593. The molecule has 1 aliphatic heterocycles. The Morgan fingerprint density at radius 2 is 2.17 bits per heavy atom. The highest BCUT2D eigenvalue weighted by molar-refractivity contribution is 5.09. The highest BCUT2D eigenvalue weighted by Crippen LogP contribution is 2.11. The van der Waals surface area contributed by atoms with E-state index in [1.165, 1.54) is 18.5 Å². The molecule has 2 heterocycles. The molecule has 1 aromatic rings. The van der Waals surface area contributed by atoms with E-state index in [1.54, 1.807) is 0 Å². The molecule has 2 rings (SSSR count). The molecule has 1 atom stereocenters. The van der Waals surface area contributed by atoms with Crippen LogP contribution in [0.4, 0.5) is 0 Å². The molecule has 1 N–H and O–H groups in total. The third-order valence-electron chi connectivity index (χ3n) is 3.41. The molecule has 1 aliphatic rings. The van der Waals surface area contributed by atoms with E-state index in [9.17, 15) is 0 Å². The van der Waals surface area contributed by atoms with Crippen LogP contribution >= 0.6 is 0 Å². The Morgan fingerprint density at radius 1 is 1.39 bits per heavy atom. The van der Waals surface area contributed by atoms with Crippen molar-refractivity contribution >= 4 is 0 Å². The van der Waals surface area contributed by atoms with Gasteiger partial charge < -0.3 is 10.2 Å². The van der Waals surface area contributed by atoms with E-state index in [0.717, 1.165) is 26.2 Å². The summed E-state index contributed by atoms with van der Waals surface area (Å²) in [5.41, 5.74) is 1.36. The standard InChI is InChI=1S/C14H24N4/c1-17(2)12-14-10-16-6-3-9-18(14)11-13-4-7-15-8-5-13/h4-5,7-8,14,16H,3,6,9-12H2,1-2H3. The van der Waals surface area contributed by atoms with Crippen molar-refractivity contribution in [2.75, 3.05) is 40.3 Å². The molecule has 0 amide bonds. The molecular weight excluding hydrogens is 224 g/mol. The second-order valence-corrected chi connectivity index (χ2v) is 5.30. The fourth-order valence-electron chi connectivity index (χ4n) is 2.52. The van der Waals surface area contributed by atoms with Gasteiger partial charge in [0.2, 0.25) is 0 Å². The summed E-state index contributed by atoms with van der Waals surface area (Å²) < 4.78 is 0. The summed E-state index contributed by atoms with van der Waals surface area (Å²) in [5, 5.41) is 3.54. The maximum atomic E-state index is 4.09. The fourth-order valence-corrected chi connectivity index (χ4v) is 2.52. The van der Waals surface area contributed by atoms with Crippen molar-refractivity contribution < 1.29 is 0 Å². The maximum absolute atomic E-state index is 4.09. The largest absolute Gasteiger partial charge is 0.315 e. The molecule has 0 spiro atoms. The second kappa shape index (κ2) is 6.83. The summed E-state index contributed by atoms with van der Waals surface area (Å²) in [6, 6.07) is 4.83. The molecule has 0 radical (unpaired) electrons. The van der Waals surface area contributed by atoms with Crippen molar-refractivity contribution in [1.82, 2.24) is 20.1 Å². The van der Waals surface area contributed by atoms with Crippen molar-refractivity contribution in [1.29, 1.82) is 0 Å². The van der Waals surface area contributed by atoms with Gasteiger partial charge in [0.05, 0.1) is 0 Å². The summed E-state index contributed by atoms with van der Waals surface area (Å²) in [5.74, 6) is 0. The Kier molecular flexibility index (Phi) is 5.11. The van der Waals surface area contributed by atoms with Gasteiger partial charge in [-0.3, -0.25) is 9.88 Å². The number of nitrogens with one attached hydrogen (secondary N) is 1. The highest BCUT2D eigenvalue weighted by Gasteiger charge is 2.21. The molecular formula is C14H24N4. The van der Waals surface area contributed by atoms with Gasteiger partial charge >= 0.3 is 0 Å². The first-order valence-electron chi connectivity index (χ1n) is 6.74. The molecule has 0 bridgehead atoms. The quantitative estimate of drug-likeness (QED) is 0.854. The summed E-state index contributed by atoms with van der Waals surface area (Å²) in [6.07, 6.45) is 4.99. The molecule has 0 aromatic carbocycles. The van der Waals surface area contributed by atoms with Crippen molar-refractivity contribution in [2.24, 2.45) is 0 Å². The summed E-state index contributed by atoms with van der Waals surface area (Å²) in [4.78, 5) is 8.95. The zero-order valence-electron chi connectivity index (χ0n) is 11.5. The van der Waals surface area contributed by atoms with Gasteiger partial charge in [-0.25, -0.2) is 0 Å². The van der Waals surface area contributed by atoms with Gasteiger partial charge in [-0.15, -0.1) is 0 Å². The average molecular weight is 248 g/mol. The molecule has 100 valence electrons. The molecule has 1 fully saturated rings. The first kappa shape index (κ1) is 13.5. The number of nitrogens with zero attached hydrogens (tertiary/aromatic N) is 3. The van der Waals surface area contributed by atoms with Gasteiger partial charge in [0, 0.05) is 44.6 Å². The van der Waals surface area contributed by atoms with E-state index in [2.05, 4.69) is 46.3 Å². The molecule has 1 aromatic heterocycles. The van der Waals surface area contributed by atoms with Crippen molar-refractivity contribution in [2.45, 2.75) is 19.0 Å². The summed E-state index contributed by atoms with van der Waals surface area (Å²) >= 11 is 0. The SMILES string of the molecule is CN(C)CC1CNCCCN1Cc1ccncc1. The monoisotopic (exact) mass is 248 g/mol. The van der Waals surface area contributed by atoms with E-state index < -0.39 is 0 Å². The van der Waals surface area contributed by atoms with Crippen LogP contribution < -0.4 is 5.32 Å². The van der Waals surface area contributed by atoms with Crippen molar-refractivity contribution in [3.63, 3.8) is 0 Å². The molecule has 18 heavy (non-hydrogen) atoms. The Morgan fingerprint density at radius 3 is 2.89 bits per heavy atom. The van der Waals surface area contributed by atoms with Crippen molar-refractivity contribution in [3.05, 3.63) is 30.1 Å². The second-order valence-electron chi connectivity index (χ2n) is 5.30. The lowest BCUT2D eigenvalue weighted by molar-refractivity contribution is 0.165. The van der Waals surface area contributed by atoms with Gasteiger partial charge in [0.25, 0.3) is 0 Å². The summed E-state index contributed by atoms with van der Waals surface area (Å²) in [7, 11) is 4.30. The number of likely N-dealkylation sites (N-methyl/N-ethyl adjacent to an activating group) is 1. The van der Waals surface area contributed by atoms with Crippen LogP contribution in [0.2, 0.25) is 0 Å². The van der Waals surface area contributed by atoms with E-state index in [0.29, 0.717) is 6.04 Å². The molecule has 0 aliphatic carbocycles. The van der Waals surface area contributed by atoms with Crippen LogP contribution in [0.3, 0.4) is 0 Å². The van der Waals surface area contributed by atoms with Crippen LogP contribution in [0.25, 0.3) is 0 Å². The lowest BCUT2D eigenvalue weighted by Gasteiger charge is -2.31. The Labute approximate surface area is 110 Å². The zero-order valence-corrected chi connectivity index (χ0v) is 11.5. The minimum Gasteiger partial charge on any atom is -0.315 e. The molecule has 4 nitrogen and oxygen atoms in total. The Hall–Kier alpha value is -0.970. The van der Waals surface area contributed by atoms with Gasteiger partial charge in [-0.05, 0) is 44.8 Å². The van der Waals surface area contributed by atoms with Gasteiger partial charge in [0.1, 0.15) is 0 Å². The van der Waals surface area contributed by atoms with Crippen molar-refractivity contribution in [3.8, 4) is 0 Å². The predicted molar refractivity (Wildman–Crippen MR) is 74.5 cm³/mol. The molecule has 4 heteroatoms. The van der Waals surface area contributed by atoms with Gasteiger partial charge in [-0.2, -0.15) is 0 Å². The van der Waals surface area contributed by atoms with E-state index in [-0.39, 0.29) is 0 Å². The number of pyridine rings is 1. The Bertz CT molecular complexity index is 339. The molecule has 1 unspecified atom stereocenters. The van der Waals surface area contributed by atoms with Gasteiger partial charge in [0.15, 0.2) is 0 Å². The van der Waals surface area contributed by atoms with Crippen LogP contribution in [0.5, 0.6) is 0 Å². The maximum Gasteiger partial charge on any atom is 0.0351 e. The van der Waals surface area contributed by atoms with Crippen LogP contribution in [0, 0.1) is 0 Å². The number of hydrogen-bond acceptors (Lipinski definition) is 4. The smallest absolute Gasteiger partial charge is 0.0351 e. The Balaban J connectivity index is 2.01. The third-order valence-corrected chi connectivity index (χ3v) is 3.41. The van der Waals surface area contributed by atoms with E-state index in [4.69, 9.17) is 0 Å². The van der Waals surface area contributed by atoms with E-state index in [1.807, 2.05) is 12.4 Å². The molecule has 0 saturated carbocycles. The first-order valence-corrected chi connectivity index (χ1v) is 6.74. The lowest BCUT2D eigenvalue weighted by atomic mass is 10.2. The number of hydrogen-bond donors (Lipinski definition) is 1. The minimum absolute atomic E-state index is 0.593. The topological polar surface area (TPSA) is 31.4 Å². The van der Waals surface area contributed by atoms with E-state index >= 15 is 0 Å². The van der Waals surface area contributed by atoms with Gasteiger partial charge in [-0.1, -0.05) is 0 Å². The summed E-state index contributed by atoms with van der Waals surface area (Å²) in [6.45, 7) is 5.54. The highest BCUT2D eigenvalue weighted by atomic mass is 15.2.